The highest BCUT2D eigenvalue weighted by Crippen LogP contribution is 2.20. The molecule has 7 heteroatoms. The fraction of sp³-hybridized carbons (Fsp3) is 0.417. The van der Waals surface area contributed by atoms with Crippen molar-refractivity contribution in [2.45, 2.75) is 26.3 Å². The van der Waals surface area contributed by atoms with E-state index in [0.717, 1.165) is 13.0 Å². The Morgan fingerprint density at radius 1 is 1.47 bits per heavy atom. The van der Waals surface area contributed by atoms with Crippen LogP contribution in [0.25, 0.3) is 5.69 Å². The van der Waals surface area contributed by atoms with Gasteiger partial charge in [-0.3, -0.25) is 0 Å². The van der Waals surface area contributed by atoms with Crippen LogP contribution in [0.4, 0.5) is 4.39 Å². The third-order valence-corrected chi connectivity index (χ3v) is 3.37. The standard InChI is InChI=1S/C12H15BrFN5/c1-3-6-15-8(2)12-16-17-18-19(12)9-4-5-10(13)11(14)7-9/h4-5,7-8,15H,3,6H2,1-2H3. The summed E-state index contributed by atoms with van der Waals surface area (Å²) in [7, 11) is 0. The van der Waals surface area contributed by atoms with Crippen molar-refractivity contribution in [3.63, 3.8) is 0 Å². The first-order valence-electron chi connectivity index (χ1n) is 6.10. The number of aromatic nitrogens is 4. The molecule has 0 aliphatic carbocycles. The average molecular weight is 328 g/mol. The van der Waals surface area contributed by atoms with E-state index in [0.29, 0.717) is 16.0 Å². The molecule has 2 rings (SSSR count). The summed E-state index contributed by atoms with van der Waals surface area (Å²) in [6, 6.07) is 4.80. The summed E-state index contributed by atoms with van der Waals surface area (Å²) in [4.78, 5) is 0. The van der Waals surface area contributed by atoms with Crippen molar-refractivity contribution in [3.8, 4) is 5.69 Å². The third kappa shape index (κ3) is 3.16. The average Bonchev–Trinajstić information content (AvgIpc) is 2.88. The second-order valence-corrected chi connectivity index (χ2v) is 5.08. The van der Waals surface area contributed by atoms with Gasteiger partial charge in [-0.2, -0.15) is 4.68 Å². The van der Waals surface area contributed by atoms with Gasteiger partial charge >= 0.3 is 0 Å². The van der Waals surface area contributed by atoms with Gasteiger partial charge in [-0.15, -0.1) is 5.10 Å². The number of hydrogen-bond donors (Lipinski definition) is 1. The van der Waals surface area contributed by atoms with Crippen molar-refractivity contribution in [1.29, 1.82) is 0 Å². The van der Waals surface area contributed by atoms with Gasteiger partial charge in [-0.05, 0) is 58.4 Å². The van der Waals surface area contributed by atoms with Gasteiger partial charge in [0.15, 0.2) is 5.82 Å². The van der Waals surface area contributed by atoms with Gasteiger partial charge in [-0.1, -0.05) is 6.92 Å². The molecule has 0 saturated carbocycles. The molecular formula is C12H15BrFN5. The number of hydrogen-bond acceptors (Lipinski definition) is 4. The summed E-state index contributed by atoms with van der Waals surface area (Å²) in [5.74, 6) is 0.322. The predicted molar refractivity (Wildman–Crippen MR) is 73.5 cm³/mol. The van der Waals surface area contributed by atoms with E-state index in [1.54, 1.807) is 16.8 Å². The normalized spacial score (nSPS) is 12.6. The number of tetrazole rings is 1. The largest absolute Gasteiger partial charge is 0.307 e. The molecular weight excluding hydrogens is 313 g/mol. The molecule has 1 heterocycles. The second kappa shape index (κ2) is 6.21. The monoisotopic (exact) mass is 327 g/mol. The third-order valence-electron chi connectivity index (χ3n) is 2.73. The van der Waals surface area contributed by atoms with E-state index >= 15 is 0 Å². The van der Waals surface area contributed by atoms with Crippen LogP contribution >= 0.6 is 15.9 Å². The van der Waals surface area contributed by atoms with Crippen LogP contribution in [0.15, 0.2) is 22.7 Å². The van der Waals surface area contributed by atoms with Crippen molar-refractivity contribution < 1.29 is 4.39 Å². The van der Waals surface area contributed by atoms with Crippen LogP contribution < -0.4 is 5.32 Å². The molecule has 2 aromatic rings. The molecule has 1 aromatic heterocycles. The number of nitrogens with one attached hydrogen (secondary N) is 1. The molecule has 19 heavy (non-hydrogen) atoms. The van der Waals surface area contributed by atoms with E-state index in [4.69, 9.17) is 0 Å². The molecule has 1 aromatic carbocycles. The van der Waals surface area contributed by atoms with Crippen LogP contribution in [0.1, 0.15) is 32.1 Å². The van der Waals surface area contributed by atoms with Crippen LogP contribution in [-0.2, 0) is 0 Å². The maximum atomic E-state index is 13.6. The summed E-state index contributed by atoms with van der Waals surface area (Å²) in [6.07, 6.45) is 1.03. The Kier molecular flexibility index (Phi) is 4.60. The Hall–Kier alpha value is -1.34. The van der Waals surface area contributed by atoms with Gasteiger partial charge in [-0.25, -0.2) is 4.39 Å². The minimum absolute atomic E-state index is 0.00154. The Morgan fingerprint density at radius 3 is 2.95 bits per heavy atom. The zero-order valence-corrected chi connectivity index (χ0v) is 12.4. The highest BCUT2D eigenvalue weighted by Gasteiger charge is 2.15. The Labute approximate surface area is 119 Å². The molecule has 0 saturated heterocycles. The van der Waals surface area contributed by atoms with Gasteiger partial charge < -0.3 is 5.32 Å². The first kappa shape index (κ1) is 14.1. The van der Waals surface area contributed by atoms with Crippen LogP contribution in [0.2, 0.25) is 0 Å². The molecule has 5 nitrogen and oxygen atoms in total. The maximum absolute atomic E-state index is 13.6. The Bertz CT molecular complexity index is 557. The van der Waals surface area contributed by atoms with E-state index in [2.05, 4.69) is 43.7 Å². The lowest BCUT2D eigenvalue weighted by molar-refractivity contribution is 0.530. The quantitative estimate of drug-likeness (QED) is 0.917. The van der Waals surface area contributed by atoms with E-state index in [9.17, 15) is 4.39 Å². The topological polar surface area (TPSA) is 55.6 Å². The molecule has 0 radical (unpaired) electrons. The lowest BCUT2D eigenvalue weighted by Crippen LogP contribution is -2.22. The van der Waals surface area contributed by atoms with E-state index in [-0.39, 0.29) is 11.9 Å². The fourth-order valence-corrected chi connectivity index (χ4v) is 1.96. The molecule has 0 spiro atoms. The minimum Gasteiger partial charge on any atom is -0.307 e. The summed E-state index contributed by atoms with van der Waals surface area (Å²) in [5, 5.41) is 14.9. The van der Waals surface area contributed by atoms with Gasteiger partial charge in [0.1, 0.15) is 5.82 Å². The van der Waals surface area contributed by atoms with Gasteiger partial charge in [0.2, 0.25) is 0 Å². The van der Waals surface area contributed by atoms with Crippen LogP contribution in [0, 0.1) is 5.82 Å². The lowest BCUT2D eigenvalue weighted by atomic mass is 10.2. The summed E-state index contributed by atoms with van der Waals surface area (Å²) in [6.45, 7) is 4.95. The lowest BCUT2D eigenvalue weighted by Gasteiger charge is -2.13. The zero-order chi connectivity index (χ0) is 13.8. The predicted octanol–water partition coefficient (Wildman–Crippen LogP) is 2.62. The highest BCUT2D eigenvalue weighted by molar-refractivity contribution is 9.10. The first-order valence-corrected chi connectivity index (χ1v) is 6.90. The van der Waals surface area contributed by atoms with E-state index < -0.39 is 0 Å². The molecule has 102 valence electrons. The molecule has 1 N–H and O–H groups in total. The molecule has 0 amide bonds. The Balaban J connectivity index is 2.30. The summed E-state index contributed by atoms with van der Waals surface area (Å²) < 4.78 is 15.5. The van der Waals surface area contributed by atoms with Gasteiger partial charge in [0.05, 0.1) is 16.2 Å². The van der Waals surface area contributed by atoms with Crippen LogP contribution in [0.3, 0.4) is 0 Å². The molecule has 0 aliphatic rings. The number of rotatable bonds is 5. The smallest absolute Gasteiger partial charge is 0.173 e. The van der Waals surface area contributed by atoms with Crippen molar-refractivity contribution >= 4 is 15.9 Å². The van der Waals surface area contributed by atoms with Crippen molar-refractivity contribution in [2.24, 2.45) is 0 Å². The number of halogens is 2. The fourth-order valence-electron chi connectivity index (χ4n) is 1.72. The molecule has 0 aliphatic heterocycles. The number of benzene rings is 1. The molecule has 1 unspecified atom stereocenters. The zero-order valence-electron chi connectivity index (χ0n) is 10.8. The van der Waals surface area contributed by atoms with Crippen LogP contribution in [0.5, 0.6) is 0 Å². The van der Waals surface area contributed by atoms with Gasteiger partial charge in [0.25, 0.3) is 0 Å². The summed E-state index contributed by atoms with van der Waals surface area (Å²) in [5.41, 5.74) is 0.603. The van der Waals surface area contributed by atoms with E-state index in [1.165, 1.54) is 6.07 Å². The highest BCUT2D eigenvalue weighted by atomic mass is 79.9. The Morgan fingerprint density at radius 2 is 2.26 bits per heavy atom. The number of nitrogens with zero attached hydrogens (tertiary/aromatic N) is 4. The van der Waals surface area contributed by atoms with Crippen molar-refractivity contribution in [3.05, 3.63) is 34.3 Å². The van der Waals surface area contributed by atoms with Crippen LogP contribution in [-0.4, -0.2) is 26.8 Å². The first-order chi connectivity index (χ1) is 9.13. The molecule has 0 bridgehead atoms. The van der Waals surface area contributed by atoms with Gasteiger partial charge in [0, 0.05) is 6.07 Å². The molecule has 1 atom stereocenters. The second-order valence-electron chi connectivity index (χ2n) is 4.22. The minimum atomic E-state index is -0.340. The van der Waals surface area contributed by atoms with Crippen molar-refractivity contribution in [1.82, 2.24) is 25.5 Å². The SMILES string of the molecule is CCCNC(C)c1nnnn1-c1ccc(Br)c(F)c1. The van der Waals surface area contributed by atoms with E-state index in [1.807, 2.05) is 6.92 Å². The molecule has 0 fully saturated rings. The van der Waals surface area contributed by atoms with Crippen molar-refractivity contribution in [2.75, 3.05) is 6.54 Å². The maximum Gasteiger partial charge on any atom is 0.173 e. The summed E-state index contributed by atoms with van der Waals surface area (Å²) >= 11 is 3.13.